The van der Waals surface area contributed by atoms with Gasteiger partial charge in [0.25, 0.3) is 0 Å². The number of aromatic carboxylic acids is 1. The number of hydrogen-bond acceptors (Lipinski definition) is 4. The number of carboxylic acid groups (broad SMARTS) is 1. The van der Waals surface area contributed by atoms with E-state index in [1.807, 2.05) is 36.4 Å². The van der Waals surface area contributed by atoms with Gasteiger partial charge in [-0.1, -0.05) is 36.4 Å². The summed E-state index contributed by atoms with van der Waals surface area (Å²) in [4.78, 5) is 16.5. The summed E-state index contributed by atoms with van der Waals surface area (Å²) in [5.74, 6) is -0.335. The summed E-state index contributed by atoms with van der Waals surface area (Å²) in [5.41, 5.74) is 1.97. The fourth-order valence-corrected chi connectivity index (χ4v) is 3.76. The molecule has 0 radical (unpaired) electrons. The molecule has 1 aliphatic heterocycles. The second-order valence-corrected chi connectivity index (χ2v) is 8.36. The lowest BCUT2D eigenvalue weighted by atomic mass is 10.0. The third-order valence-corrected chi connectivity index (χ3v) is 5.23. The molecule has 2 N–H and O–H groups in total. The van der Waals surface area contributed by atoms with Crippen LogP contribution in [-0.2, 0) is 4.74 Å². The largest absolute Gasteiger partial charge is 0.490 e. The zero-order valence-corrected chi connectivity index (χ0v) is 16.9. The van der Waals surface area contributed by atoms with E-state index in [0.29, 0.717) is 12.4 Å². The maximum absolute atomic E-state index is 11.3. The van der Waals surface area contributed by atoms with Crippen molar-refractivity contribution >= 4 is 16.9 Å². The zero-order chi connectivity index (χ0) is 20.6. The predicted molar refractivity (Wildman–Crippen MR) is 111 cm³/mol. The van der Waals surface area contributed by atoms with Crippen LogP contribution < -0.4 is 4.74 Å². The summed E-state index contributed by atoms with van der Waals surface area (Å²) in [6, 6.07) is 17.4. The predicted octanol–water partition coefficient (Wildman–Crippen LogP) is 4.44. The molecule has 152 valence electrons. The molecular formula is C23H26N2O4. The standard InChI is InChI=1S/C23H26N2O4/c1-23(2,3)25-13-16(29-21(25)15-8-5-4-6-9-15)14-28-20-11-7-10-18-17(20)12-19(24-18)22(26)27/h4-12,16,21,24H,13-14H2,1-3H3,(H,26,27)/t16-,21?/m0/s1. The molecule has 3 aromatic rings. The van der Waals surface area contributed by atoms with Crippen LogP contribution in [0.5, 0.6) is 5.75 Å². The van der Waals surface area contributed by atoms with Gasteiger partial charge in [-0.2, -0.15) is 0 Å². The van der Waals surface area contributed by atoms with E-state index >= 15 is 0 Å². The number of nitrogens with one attached hydrogen (secondary N) is 1. The van der Waals surface area contributed by atoms with Crippen LogP contribution in [-0.4, -0.2) is 45.8 Å². The quantitative estimate of drug-likeness (QED) is 0.669. The molecule has 0 saturated carbocycles. The second kappa shape index (κ2) is 7.54. The van der Waals surface area contributed by atoms with Gasteiger partial charge in [-0.15, -0.1) is 0 Å². The van der Waals surface area contributed by atoms with Gasteiger partial charge in [0.15, 0.2) is 0 Å². The Morgan fingerprint density at radius 1 is 1.21 bits per heavy atom. The van der Waals surface area contributed by atoms with Gasteiger partial charge < -0.3 is 19.6 Å². The first-order valence-electron chi connectivity index (χ1n) is 9.78. The van der Waals surface area contributed by atoms with Gasteiger partial charge >= 0.3 is 5.97 Å². The van der Waals surface area contributed by atoms with Crippen molar-refractivity contribution in [2.75, 3.05) is 13.2 Å². The van der Waals surface area contributed by atoms with Crippen LogP contribution >= 0.6 is 0 Å². The number of nitrogens with zero attached hydrogens (tertiary/aromatic N) is 1. The average molecular weight is 394 g/mol. The van der Waals surface area contributed by atoms with Crippen LogP contribution in [0.15, 0.2) is 54.6 Å². The van der Waals surface area contributed by atoms with E-state index in [4.69, 9.17) is 9.47 Å². The van der Waals surface area contributed by atoms with Gasteiger partial charge in [-0.3, -0.25) is 4.90 Å². The summed E-state index contributed by atoms with van der Waals surface area (Å²) in [6.45, 7) is 7.70. The molecule has 0 spiro atoms. The molecule has 6 heteroatoms. The van der Waals surface area contributed by atoms with Crippen molar-refractivity contribution in [2.24, 2.45) is 0 Å². The zero-order valence-electron chi connectivity index (χ0n) is 16.9. The van der Waals surface area contributed by atoms with Crippen molar-refractivity contribution in [1.29, 1.82) is 0 Å². The first-order valence-corrected chi connectivity index (χ1v) is 9.78. The molecule has 1 unspecified atom stereocenters. The fourth-order valence-electron chi connectivity index (χ4n) is 3.76. The number of rotatable bonds is 5. The van der Waals surface area contributed by atoms with Gasteiger partial charge in [-0.05, 0) is 44.5 Å². The lowest BCUT2D eigenvalue weighted by molar-refractivity contribution is -0.0397. The van der Waals surface area contributed by atoms with Crippen molar-refractivity contribution in [3.05, 3.63) is 65.9 Å². The maximum Gasteiger partial charge on any atom is 0.352 e. The molecular weight excluding hydrogens is 368 g/mol. The van der Waals surface area contributed by atoms with Gasteiger partial charge in [0.2, 0.25) is 0 Å². The van der Waals surface area contributed by atoms with E-state index < -0.39 is 5.97 Å². The van der Waals surface area contributed by atoms with Gasteiger partial charge in [-0.25, -0.2) is 4.79 Å². The second-order valence-electron chi connectivity index (χ2n) is 8.36. The van der Waals surface area contributed by atoms with Crippen LogP contribution in [0.1, 0.15) is 43.1 Å². The van der Waals surface area contributed by atoms with Gasteiger partial charge in [0.1, 0.15) is 30.4 Å². The van der Waals surface area contributed by atoms with Crippen LogP contribution in [0.4, 0.5) is 0 Å². The van der Waals surface area contributed by atoms with Crippen LogP contribution in [0.25, 0.3) is 10.9 Å². The molecule has 0 amide bonds. The van der Waals surface area contributed by atoms with Gasteiger partial charge in [0, 0.05) is 23.0 Å². The molecule has 6 nitrogen and oxygen atoms in total. The van der Waals surface area contributed by atoms with E-state index in [0.717, 1.165) is 23.0 Å². The monoisotopic (exact) mass is 394 g/mol. The number of carboxylic acids is 1. The van der Waals surface area contributed by atoms with E-state index in [-0.39, 0.29) is 23.6 Å². The Bertz CT molecular complexity index is 1010. The molecule has 2 aromatic carbocycles. The highest BCUT2D eigenvalue weighted by atomic mass is 16.6. The molecule has 2 atom stereocenters. The Morgan fingerprint density at radius 2 is 1.97 bits per heavy atom. The smallest absolute Gasteiger partial charge is 0.352 e. The number of aromatic nitrogens is 1. The Labute approximate surface area is 170 Å². The minimum absolute atomic E-state index is 0.0493. The Balaban J connectivity index is 1.52. The number of fused-ring (bicyclic) bond motifs is 1. The van der Waals surface area contributed by atoms with E-state index in [2.05, 4.69) is 42.8 Å². The molecule has 1 aliphatic rings. The Hall–Kier alpha value is -2.83. The van der Waals surface area contributed by atoms with E-state index in [1.54, 1.807) is 6.07 Å². The molecule has 1 aromatic heterocycles. The third-order valence-electron chi connectivity index (χ3n) is 5.23. The summed E-state index contributed by atoms with van der Waals surface area (Å²) in [7, 11) is 0. The van der Waals surface area contributed by atoms with Crippen LogP contribution in [0.3, 0.4) is 0 Å². The minimum Gasteiger partial charge on any atom is -0.490 e. The molecule has 2 heterocycles. The van der Waals surface area contributed by atoms with Gasteiger partial charge in [0.05, 0.1) is 0 Å². The Morgan fingerprint density at radius 3 is 2.66 bits per heavy atom. The van der Waals surface area contributed by atoms with E-state index in [1.165, 1.54) is 0 Å². The molecule has 1 fully saturated rings. The first kappa shape index (κ1) is 19.5. The lowest BCUT2D eigenvalue weighted by Gasteiger charge is -2.35. The first-order chi connectivity index (χ1) is 13.8. The van der Waals surface area contributed by atoms with Crippen molar-refractivity contribution in [2.45, 2.75) is 38.6 Å². The SMILES string of the molecule is CC(C)(C)N1C[C@@H](COc2cccc3[nH]c(C(=O)O)cc23)OC1c1ccccc1. The van der Waals surface area contributed by atoms with Crippen molar-refractivity contribution in [3.63, 3.8) is 0 Å². The number of benzene rings is 2. The van der Waals surface area contributed by atoms with Crippen LogP contribution in [0.2, 0.25) is 0 Å². The van der Waals surface area contributed by atoms with Crippen molar-refractivity contribution in [3.8, 4) is 5.75 Å². The topological polar surface area (TPSA) is 74.8 Å². The number of aromatic amines is 1. The summed E-state index contributed by atoms with van der Waals surface area (Å²) >= 11 is 0. The average Bonchev–Trinajstić information content (AvgIpc) is 3.31. The molecule has 29 heavy (non-hydrogen) atoms. The maximum atomic E-state index is 11.3. The number of H-pyrrole nitrogens is 1. The number of carbonyl (C=O) groups is 1. The highest BCUT2D eigenvalue weighted by Crippen LogP contribution is 2.36. The highest BCUT2D eigenvalue weighted by molar-refractivity contribution is 5.96. The summed E-state index contributed by atoms with van der Waals surface area (Å²) in [6.07, 6.45) is -0.209. The molecule has 0 aliphatic carbocycles. The van der Waals surface area contributed by atoms with Crippen LogP contribution in [0, 0.1) is 0 Å². The Kier molecular flexibility index (Phi) is 5.06. The summed E-state index contributed by atoms with van der Waals surface area (Å²) < 4.78 is 12.4. The molecule has 0 bridgehead atoms. The highest BCUT2D eigenvalue weighted by Gasteiger charge is 2.40. The van der Waals surface area contributed by atoms with E-state index in [9.17, 15) is 9.90 Å². The molecule has 4 rings (SSSR count). The van der Waals surface area contributed by atoms with Crippen molar-refractivity contribution in [1.82, 2.24) is 9.88 Å². The summed E-state index contributed by atoms with van der Waals surface area (Å²) in [5, 5.41) is 9.98. The lowest BCUT2D eigenvalue weighted by Crippen LogP contribution is -2.42. The third kappa shape index (κ3) is 3.99. The number of hydrogen-bond donors (Lipinski definition) is 2. The number of ether oxygens (including phenoxy) is 2. The molecule has 1 saturated heterocycles. The fraction of sp³-hybridized carbons (Fsp3) is 0.348. The minimum atomic E-state index is -0.988. The van der Waals surface area contributed by atoms with Crippen molar-refractivity contribution < 1.29 is 19.4 Å². The normalized spacial score (nSPS) is 20.2.